The number of imidazole rings is 1. The highest BCUT2D eigenvalue weighted by Crippen LogP contribution is 2.39. The fraction of sp³-hybridized carbons (Fsp3) is 0.474. The largest absolute Gasteiger partial charge is 0.507 e. The normalized spacial score (nSPS) is 12.2. The highest BCUT2D eigenvalue weighted by atomic mass is 16.3. The van der Waals surface area contributed by atoms with Gasteiger partial charge in [0.05, 0.1) is 6.54 Å². The summed E-state index contributed by atoms with van der Waals surface area (Å²) in [5.41, 5.74) is 2.37. The zero-order chi connectivity index (χ0) is 18.1. The minimum absolute atomic E-state index is 0.193. The van der Waals surface area contributed by atoms with Crippen LogP contribution in [0.3, 0.4) is 0 Å². The quantitative estimate of drug-likeness (QED) is 0.874. The Morgan fingerprint density at radius 1 is 1.12 bits per heavy atom. The second kappa shape index (κ2) is 6.30. The molecule has 0 aliphatic carbocycles. The SMILES string of the molecule is CC(C)(C)c1cc(CN(C=O)n2ccnc2)cc(C(C)(C)C)c1O. The third-order valence-electron chi connectivity index (χ3n) is 4.04. The number of aromatic nitrogens is 2. The van der Waals surface area contributed by atoms with E-state index >= 15 is 0 Å². The lowest BCUT2D eigenvalue weighted by Crippen LogP contribution is -2.31. The van der Waals surface area contributed by atoms with Crippen molar-refractivity contribution in [3.8, 4) is 5.75 Å². The molecule has 0 aliphatic rings. The second-order valence-corrected chi connectivity index (χ2v) is 8.19. The van der Waals surface area contributed by atoms with Crippen LogP contribution in [-0.4, -0.2) is 21.2 Å². The van der Waals surface area contributed by atoms with Gasteiger partial charge in [-0.15, -0.1) is 0 Å². The number of hydrogen-bond acceptors (Lipinski definition) is 3. The molecule has 2 aromatic rings. The van der Waals surface area contributed by atoms with E-state index in [1.165, 1.54) is 5.01 Å². The van der Waals surface area contributed by atoms with Gasteiger partial charge in [0.25, 0.3) is 0 Å². The van der Waals surface area contributed by atoms with Crippen molar-refractivity contribution in [2.45, 2.75) is 58.9 Å². The predicted octanol–water partition coefficient (Wildman–Crippen LogP) is 3.48. The molecule has 0 fully saturated rings. The summed E-state index contributed by atoms with van der Waals surface area (Å²) in [6.07, 6.45) is 5.73. The summed E-state index contributed by atoms with van der Waals surface area (Å²) in [6, 6.07) is 3.97. The fourth-order valence-electron chi connectivity index (χ4n) is 2.69. The van der Waals surface area contributed by atoms with Crippen molar-refractivity contribution in [2.75, 3.05) is 5.01 Å². The van der Waals surface area contributed by atoms with Gasteiger partial charge in [0.2, 0.25) is 6.41 Å². The molecule has 1 N–H and O–H groups in total. The molecule has 0 bridgehead atoms. The number of carbonyl (C=O) groups excluding carboxylic acids is 1. The maximum Gasteiger partial charge on any atom is 0.228 e. The molecule has 1 heterocycles. The molecule has 0 aliphatic heterocycles. The summed E-state index contributed by atoms with van der Waals surface area (Å²) in [5.74, 6) is 0.346. The third kappa shape index (κ3) is 3.78. The van der Waals surface area contributed by atoms with Crippen LogP contribution in [0, 0.1) is 0 Å². The van der Waals surface area contributed by atoms with Crippen LogP contribution in [0.15, 0.2) is 30.9 Å². The highest BCUT2D eigenvalue weighted by Gasteiger charge is 2.26. The molecule has 0 unspecified atom stereocenters. The number of carbonyl (C=O) groups is 1. The van der Waals surface area contributed by atoms with E-state index in [0.29, 0.717) is 12.3 Å². The second-order valence-electron chi connectivity index (χ2n) is 8.19. The van der Waals surface area contributed by atoms with E-state index in [2.05, 4.69) is 46.5 Å². The Morgan fingerprint density at radius 2 is 1.67 bits per heavy atom. The molecular formula is C19H27N3O2. The summed E-state index contributed by atoms with van der Waals surface area (Å²) in [6.45, 7) is 12.9. The number of aromatic hydroxyl groups is 1. The van der Waals surface area contributed by atoms with Gasteiger partial charge in [-0.3, -0.25) is 4.79 Å². The van der Waals surface area contributed by atoms with Crippen molar-refractivity contribution in [3.63, 3.8) is 0 Å². The van der Waals surface area contributed by atoms with Gasteiger partial charge in [-0.2, -0.15) is 0 Å². The van der Waals surface area contributed by atoms with E-state index in [1.54, 1.807) is 23.4 Å². The molecule has 0 radical (unpaired) electrons. The van der Waals surface area contributed by atoms with Crippen LogP contribution in [0.2, 0.25) is 0 Å². The number of nitrogens with zero attached hydrogens (tertiary/aromatic N) is 3. The van der Waals surface area contributed by atoms with Crippen molar-refractivity contribution < 1.29 is 9.90 Å². The molecule has 24 heavy (non-hydrogen) atoms. The summed E-state index contributed by atoms with van der Waals surface area (Å²) >= 11 is 0. The van der Waals surface area contributed by atoms with Gasteiger partial charge in [-0.25, -0.2) is 14.7 Å². The van der Waals surface area contributed by atoms with Gasteiger partial charge < -0.3 is 5.11 Å². The fourth-order valence-corrected chi connectivity index (χ4v) is 2.69. The number of amides is 1. The van der Waals surface area contributed by atoms with Crippen molar-refractivity contribution in [1.82, 2.24) is 9.66 Å². The molecule has 1 aromatic carbocycles. The van der Waals surface area contributed by atoms with Crippen LogP contribution in [0.5, 0.6) is 5.75 Å². The maximum atomic E-state index is 11.5. The first-order valence-electron chi connectivity index (χ1n) is 8.11. The summed E-state index contributed by atoms with van der Waals surface area (Å²) < 4.78 is 1.65. The Balaban J connectivity index is 2.52. The van der Waals surface area contributed by atoms with Gasteiger partial charge in [0.1, 0.15) is 12.1 Å². The van der Waals surface area contributed by atoms with Gasteiger partial charge in [0.15, 0.2) is 0 Å². The highest BCUT2D eigenvalue weighted by molar-refractivity contribution is 5.61. The van der Waals surface area contributed by atoms with Crippen LogP contribution >= 0.6 is 0 Å². The van der Waals surface area contributed by atoms with Crippen LogP contribution in [-0.2, 0) is 22.2 Å². The molecule has 2 rings (SSSR count). The van der Waals surface area contributed by atoms with E-state index in [9.17, 15) is 9.90 Å². The first-order chi connectivity index (χ1) is 11.0. The lowest BCUT2D eigenvalue weighted by atomic mass is 9.78. The van der Waals surface area contributed by atoms with Gasteiger partial charge >= 0.3 is 0 Å². The monoisotopic (exact) mass is 329 g/mol. The molecule has 0 atom stereocenters. The van der Waals surface area contributed by atoms with Gasteiger partial charge in [-0.05, 0) is 39.7 Å². The van der Waals surface area contributed by atoms with Crippen molar-refractivity contribution >= 4 is 6.41 Å². The Labute approximate surface area is 143 Å². The smallest absolute Gasteiger partial charge is 0.228 e. The average Bonchev–Trinajstić information content (AvgIpc) is 2.97. The van der Waals surface area contributed by atoms with E-state index in [0.717, 1.165) is 23.1 Å². The topological polar surface area (TPSA) is 58.4 Å². The van der Waals surface area contributed by atoms with Crippen molar-refractivity contribution in [2.24, 2.45) is 0 Å². The molecule has 5 heteroatoms. The summed E-state index contributed by atoms with van der Waals surface area (Å²) in [7, 11) is 0. The number of hydrogen-bond donors (Lipinski definition) is 1. The van der Waals surface area contributed by atoms with E-state index in [-0.39, 0.29) is 10.8 Å². The first kappa shape index (κ1) is 18.0. The van der Waals surface area contributed by atoms with Gasteiger partial charge in [0, 0.05) is 12.4 Å². The van der Waals surface area contributed by atoms with Crippen LogP contribution < -0.4 is 5.01 Å². The zero-order valence-corrected chi connectivity index (χ0v) is 15.4. The Kier molecular flexibility index (Phi) is 4.74. The lowest BCUT2D eigenvalue weighted by Gasteiger charge is -2.29. The van der Waals surface area contributed by atoms with E-state index in [4.69, 9.17) is 0 Å². The third-order valence-corrected chi connectivity index (χ3v) is 4.04. The molecular weight excluding hydrogens is 302 g/mol. The predicted molar refractivity (Wildman–Crippen MR) is 95.7 cm³/mol. The molecule has 5 nitrogen and oxygen atoms in total. The zero-order valence-electron chi connectivity index (χ0n) is 15.4. The average molecular weight is 329 g/mol. The van der Waals surface area contributed by atoms with Crippen LogP contribution in [0.4, 0.5) is 0 Å². The van der Waals surface area contributed by atoms with Crippen LogP contribution in [0.25, 0.3) is 0 Å². The van der Waals surface area contributed by atoms with E-state index < -0.39 is 0 Å². The number of phenolic OH excluding ortho intramolecular Hbond substituents is 1. The summed E-state index contributed by atoms with van der Waals surface area (Å²) in [4.78, 5) is 15.4. The number of rotatable bonds is 4. The number of benzene rings is 1. The Hall–Kier alpha value is -2.30. The van der Waals surface area contributed by atoms with Gasteiger partial charge in [-0.1, -0.05) is 41.5 Å². The van der Waals surface area contributed by atoms with Crippen molar-refractivity contribution in [3.05, 3.63) is 47.5 Å². The molecule has 0 saturated heterocycles. The minimum Gasteiger partial charge on any atom is -0.507 e. The molecule has 0 saturated carbocycles. The lowest BCUT2D eigenvalue weighted by molar-refractivity contribution is -0.108. The molecule has 130 valence electrons. The maximum absolute atomic E-state index is 11.5. The molecule has 0 spiro atoms. The molecule has 1 aromatic heterocycles. The Morgan fingerprint density at radius 3 is 2.04 bits per heavy atom. The number of phenols is 1. The molecule has 1 amide bonds. The van der Waals surface area contributed by atoms with E-state index in [1.807, 2.05) is 12.1 Å². The van der Waals surface area contributed by atoms with Crippen molar-refractivity contribution in [1.29, 1.82) is 0 Å². The summed E-state index contributed by atoms with van der Waals surface area (Å²) in [5, 5.41) is 12.3. The Bertz CT molecular complexity index is 672. The minimum atomic E-state index is -0.193. The van der Waals surface area contributed by atoms with Crippen LogP contribution in [0.1, 0.15) is 58.2 Å². The first-order valence-corrected chi connectivity index (χ1v) is 8.11. The standard InChI is InChI=1S/C19H27N3O2/c1-18(2,3)15-9-14(10-16(17(15)24)19(4,5)6)11-22(13-23)21-8-7-20-12-21/h7-10,12-13,24H,11H2,1-6H3.